The van der Waals surface area contributed by atoms with Gasteiger partial charge in [0.05, 0.1) is 17.9 Å². The van der Waals surface area contributed by atoms with Crippen molar-refractivity contribution in [2.24, 2.45) is 0 Å². The number of hydrogen-bond donors (Lipinski definition) is 0. The summed E-state index contributed by atoms with van der Waals surface area (Å²) >= 11 is 0. The molecule has 7 heteroatoms. The molecule has 0 fully saturated rings. The zero-order valence-corrected chi connectivity index (χ0v) is 14.4. The zero-order chi connectivity index (χ0) is 19.0. The Hall–Kier alpha value is -3.22. The molecule has 138 valence electrons. The average Bonchev–Trinajstić information content (AvgIpc) is 3.07. The number of hydrogen-bond acceptors (Lipinski definition) is 5. The van der Waals surface area contributed by atoms with E-state index in [9.17, 15) is 13.6 Å². The maximum absolute atomic E-state index is 14.2. The van der Waals surface area contributed by atoms with E-state index in [1.165, 1.54) is 0 Å². The molecule has 0 saturated carbocycles. The molecule has 1 aromatic heterocycles. The summed E-state index contributed by atoms with van der Waals surface area (Å²) in [5.74, 6) is -2.19. The molecule has 3 aromatic rings. The molecule has 27 heavy (non-hydrogen) atoms. The Labute approximate surface area is 153 Å². The number of carbonyl (C=O) groups is 1. The molecule has 1 atom stereocenters. The zero-order valence-electron chi connectivity index (χ0n) is 14.4. The number of aryl methyl sites for hydroxylation is 1. The van der Waals surface area contributed by atoms with Crippen LogP contribution in [0.3, 0.4) is 0 Å². The number of oxazole rings is 1. The molecule has 0 aliphatic carbocycles. The van der Waals surface area contributed by atoms with Crippen LogP contribution in [0.15, 0.2) is 46.9 Å². The second-order valence-corrected chi connectivity index (χ2v) is 6.10. The van der Waals surface area contributed by atoms with Gasteiger partial charge in [0.15, 0.2) is 11.6 Å². The fourth-order valence-electron chi connectivity index (χ4n) is 3.00. The van der Waals surface area contributed by atoms with Crippen molar-refractivity contribution in [2.45, 2.75) is 19.4 Å². The summed E-state index contributed by atoms with van der Waals surface area (Å²) < 4.78 is 44.2. The third-order valence-electron chi connectivity index (χ3n) is 4.30. The minimum atomic E-state index is -0.971. The second kappa shape index (κ2) is 6.83. The number of halogens is 2. The molecule has 0 bridgehead atoms. The summed E-state index contributed by atoms with van der Waals surface area (Å²) in [6, 6.07) is 11.1. The van der Waals surface area contributed by atoms with Gasteiger partial charge in [-0.05, 0) is 31.2 Å². The number of nitrogens with zero attached hydrogens (tertiary/aromatic N) is 1. The molecule has 0 N–H and O–H groups in total. The highest BCUT2D eigenvalue weighted by Gasteiger charge is 2.32. The van der Waals surface area contributed by atoms with Crippen molar-refractivity contribution in [2.75, 3.05) is 6.61 Å². The number of esters is 1. The Balaban J connectivity index is 1.62. The van der Waals surface area contributed by atoms with Crippen LogP contribution < -0.4 is 4.74 Å². The quantitative estimate of drug-likeness (QED) is 0.629. The Kier molecular flexibility index (Phi) is 4.35. The summed E-state index contributed by atoms with van der Waals surface area (Å²) in [6.07, 6.45) is -0.765. The lowest BCUT2D eigenvalue weighted by molar-refractivity contribution is 0.0142. The van der Waals surface area contributed by atoms with Crippen LogP contribution in [0.2, 0.25) is 0 Å². The van der Waals surface area contributed by atoms with Crippen LogP contribution in [0.4, 0.5) is 8.78 Å². The Morgan fingerprint density at radius 2 is 1.89 bits per heavy atom. The number of fused-ring (bicyclic) bond motifs is 1. The van der Waals surface area contributed by atoms with Crippen LogP contribution >= 0.6 is 0 Å². The topological polar surface area (TPSA) is 61.6 Å². The molecule has 2 heterocycles. The van der Waals surface area contributed by atoms with E-state index < -0.39 is 23.7 Å². The van der Waals surface area contributed by atoms with Crippen molar-refractivity contribution < 1.29 is 27.5 Å². The largest absolute Gasteiger partial charge is 0.490 e. The normalized spacial score (nSPS) is 15.7. The van der Waals surface area contributed by atoms with Crippen LogP contribution in [0.1, 0.15) is 34.3 Å². The maximum Gasteiger partial charge on any atom is 0.376 e. The molecule has 0 amide bonds. The van der Waals surface area contributed by atoms with Crippen LogP contribution in [0, 0.1) is 18.6 Å². The smallest absolute Gasteiger partial charge is 0.376 e. The van der Waals surface area contributed by atoms with Crippen LogP contribution in [0.25, 0.3) is 11.5 Å². The first-order valence-corrected chi connectivity index (χ1v) is 8.39. The number of rotatable bonds is 3. The summed E-state index contributed by atoms with van der Waals surface area (Å²) in [4.78, 5) is 16.8. The first kappa shape index (κ1) is 17.2. The fraction of sp³-hybridized carbons (Fsp3) is 0.200. The molecular formula is C20H15F2NO4. The van der Waals surface area contributed by atoms with Crippen molar-refractivity contribution in [3.05, 3.63) is 71.1 Å². The van der Waals surface area contributed by atoms with Gasteiger partial charge < -0.3 is 13.9 Å². The monoisotopic (exact) mass is 371 g/mol. The highest BCUT2D eigenvalue weighted by molar-refractivity contribution is 5.88. The van der Waals surface area contributed by atoms with Gasteiger partial charge in [0.25, 0.3) is 0 Å². The third kappa shape index (κ3) is 3.16. The molecule has 2 aromatic carbocycles. The van der Waals surface area contributed by atoms with Crippen molar-refractivity contribution in [1.29, 1.82) is 0 Å². The molecular weight excluding hydrogens is 356 g/mol. The predicted octanol–water partition coefficient (Wildman–Crippen LogP) is 4.61. The van der Waals surface area contributed by atoms with Gasteiger partial charge in [-0.15, -0.1) is 0 Å². The van der Waals surface area contributed by atoms with Gasteiger partial charge in [0, 0.05) is 12.0 Å². The Morgan fingerprint density at radius 3 is 2.67 bits per heavy atom. The van der Waals surface area contributed by atoms with Gasteiger partial charge in [0.2, 0.25) is 11.7 Å². The van der Waals surface area contributed by atoms with Crippen molar-refractivity contribution in [3.8, 4) is 17.2 Å². The second-order valence-electron chi connectivity index (χ2n) is 6.10. The summed E-state index contributed by atoms with van der Waals surface area (Å²) in [7, 11) is 0. The molecule has 0 saturated heterocycles. The SMILES string of the molecule is Cc1nc(-c2ccccc2)oc1C(=O)O[C@H]1CCOc2c(F)ccc(F)c21. The van der Waals surface area contributed by atoms with Crippen LogP contribution in [-0.4, -0.2) is 17.6 Å². The van der Waals surface area contributed by atoms with Gasteiger partial charge in [0.1, 0.15) is 11.9 Å². The van der Waals surface area contributed by atoms with Crippen LogP contribution in [0.5, 0.6) is 5.75 Å². The standard InChI is InChI=1S/C20H15F2NO4/c1-11-17(27-19(23-11)12-5-3-2-4-6-12)20(24)26-15-9-10-25-18-14(22)8-7-13(21)16(15)18/h2-8,15H,9-10H2,1H3/t15-/m0/s1. The third-order valence-corrected chi connectivity index (χ3v) is 4.30. The highest BCUT2D eigenvalue weighted by atomic mass is 19.1. The molecule has 4 rings (SSSR count). The van der Waals surface area contributed by atoms with Crippen molar-refractivity contribution in [3.63, 3.8) is 0 Å². The van der Waals surface area contributed by atoms with E-state index in [0.29, 0.717) is 11.3 Å². The molecule has 0 unspecified atom stereocenters. The van der Waals surface area contributed by atoms with E-state index in [0.717, 1.165) is 12.1 Å². The van der Waals surface area contributed by atoms with E-state index in [4.69, 9.17) is 13.9 Å². The summed E-state index contributed by atoms with van der Waals surface area (Å²) in [6.45, 7) is 1.72. The van der Waals surface area contributed by atoms with E-state index in [1.54, 1.807) is 19.1 Å². The number of aromatic nitrogens is 1. The molecule has 1 aliphatic heterocycles. The van der Waals surface area contributed by atoms with E-state index in [-0.39, 0.29) is 36.0 Å². The lowest BCUT2D eigenvalue weighted by Gasteiger charge is -2.26. The van der Waals surface area contributed by atoms with Gasteiger partial charge in [-0.25, -0.2) is 18.6 Å². The average molecular weight is 371 g/mol. The Morgan fingerprint density at radius 1 is 1.15 bits per heavy atom. The summed E-state index contributed by atoms with van der Waals surface area (Å²) in [5.41, 5.74) is 0.963. The van der Waals surface area contributed by atoms with Crippen molar-refractivity contribution in [1.82, 2.24) is 4.98 Å². The minimum Gasteiger partial charge on any atom is -0.490 e. The van der Waals surface area contributed by atoms with Gasteiger partial charge in [-0.3, -0.25) is 0 Å². The minimum absolute atomic E-state index is 0.0706. The van der Waals surface area contributed by atoms with E-state index in [2.05, 4.69) is 4.98 Å². The van der Waals surface area contributed by atoms with E-state index in [1.807, 2.05) is 18.2 Å². The highest BCUT2D eigenvalue weighted by Crippen LogP contribution is 2.39. The van der Waals surface area contributed by atoms with Gasteiger partial charge >= 0.3 is 5.97 Å². The summed E-state index contributed by atoms with van der Waals surface area (Å²) in [5, 5.41) is 0. The molecule has 0 spiro atoms. The van der Waals surface area contributed by atoms with Crippen molar-refractivity contribution >= 4 is 5.97 Å². The molecule has 5 nitrogen and oxygen atoms in total. The first-order valence-electron chi connectivity index (χ1n) is 8.39. The number of carbonyl (C=O) groups excluding carboxylic acids is 1. The predicted molar refractivity (Wildman–Crippen MR) is 91.3 cm³/mol. The van der Waals surface area contributed by atoms with Crippen LogP contribution in [-0.2, 0) is 4.74 Å². The molecule has 1 aliphatic rings. The lowest BCUT2D eigenvalue weighted by atomic mass is 10.0. The lowest BCUT2D eigenvalue weighted by Crippen LogP contribution is -2.22. The Bertz CT molecular complexity index is 1000. The number of benzene rings is 2. The molecule has 0 radical (unpaired) electrons. The maximum atomic E-state index is 14.2. The van der Waals surface area contributed by atoms with E-state index >= 15 is 0 Å². The van der Waals surface area contributed by atoms with Gasteiger partial charge in [-0.1, -0.05) is 18.2 Å². The fourth-order valence-corrected chi connectivity index (χ4v) is 3.00. The van der Waals surface area contributed by atoms with Gasteiger partial charge in [-0.2, -0.15) is 0 Å². The number of ether oxygens (including phenoxy) is 2. The first-order chi connectivity index (χ1) is 13.0.